The molecule has 0 unspecified atom stereocenters. The van der Waals surface area contributed by atoms with Crippen LogP contribution in [0, 0.1) is 13.8 Å². The van der Waals surface area contributed by atoms with E-state index in [-0.39, 0.29) is 11.9 Å². The molecule has 23 heavy (non-hydrogen) atoms. The Labute approximate surface area is 138 Å². The highest BCUT2D eigenvalue weighted by molar-refractivity contribution is 5.76. The lowest BCUT2D eigenvalue weighted by Crippen LogP contribution is -2.36. The van der Waals surface area contributed by atoms with Gasteiger partial charge in [0.15, 0.2) is 0 Å². The summed E-state index contributed by atoms with van der Waals surface area (Å²) in [6, 6.07) is 16.2. The fourth-order valence-electron chi connectivity index (χ4n) is 2.33. The van der Waals surface area contributed by atoms with Gasteiger partial charge in [0.1, 0.15) is 12.4 Å². The van der Waals surface area contributed by atoms with E-state index >= 15 is 0 Å². The van der Waals surface area contributed by atoms with Crippen LogP contribution in [0.3, 0.4) is 0 Å². The summed E-state index contributed by atoms with van der Waals surface area (Å²) in [6.45, 7) is 6.51. The quantitative estimate of drug-likeness (QED) is 0.844. The van der Waals surface area contributed by atoms with E-state index in [0.29, 0.717) is 13.0 Å². The second-order valence-corrected chi connectivity index (χ2v) is 6.03. The smallest absolute Gasteiger partial charge is 0.220 e. The second-order valence-electron chi connectivity index (χ2n) is 6.03. The average molecular weight is 311 g/mol. The van der Waals surface area contributed by atoms with Gasteiger partial charge in [0.05, 0.1) is 6.04 Å². The summed E-state index contributed by atoms with van der Waals surface area (Å²) in [5.74, 6) is 0.930. The van der Waals surface area contributed by atoms with E-state index in [1.165, 1.54) is 11.1 Å². The van der Waals surface area contributed by atoms with Crippen LogP contribution >= 0.6 is 0 Å². The van der Waals surface area contributed by atoms with Crippen molar-refractivity contribution in [1.82, 2.24) is 5.32 Å². The fraction of sp³-hybridized carbons (Fsp3) is 0.350. The van der Waals surface area contributed by atoms with Crippen molar-refractivity contribution in [2.24, 2.45) is 0 Å². The number of benzene rings is 2. The van der Waals surface area contributed by atoms with Crippen molar-refractivity contribution in [3.63, 3.8) is 0 Å². The first kappa shape index (κ1) is 17.1. The molecule has 0 heterocycles. The molecule has 0 aliphatic heterocycles. The third-order valence-corrected chi connectivity index (χ3v) is 3.75. The Morgan fingerprint density at radius 2 is 1.78 bits per heavy atom. The Hall–Kier alpha value is -2.29. The van der Waals surface area contributed by atoms with Gasteiger partial charge in [0.25, 0.3) is 0 Å². The monoisotopic (exact) mass is 311 g/mol. The van der Waals surface area contributed by atoms with Gasteiger partial charge >= 0.3 is 0 Å². The minimum absolute atomic E-state index is 0.0138. The van der Waals surface area contributed by atoms with E-state index in [4.69, 9.17) is 4.74 Å². The van der Waals surface area contributed by atoms with E-state index in [9.17, 15) is 4.79 Å². The summed E-state index contributed by atoms with van der Waals surface area (Å²) in [5.41, 5.74) is 3.53. The minimum atomic E-state index is -0.0138. The first-order valence-electron chi connectivity index (χ1n) is 8.08. The molecular weight excluding hydrogens is 286 g/mol. The molecule has 0 bridgehead atoms. The van der Waals surface area contributed by atoms with Crippen LogP contribution in [-0.2, 0) is 11.2 Å². The lowest BCUT2D eigenvalue weighted by Gasteiger charge is -2.16. The highest BCUT2D eigenvalue weighted by Crippen LogP contribution is 2.16. The van der Waals surface area contributed by atoms with Crippen molar-refractivity contribution in [2.75, 3.05) is 6.61 Å². The van der Waals surface area contributed by atoms with E-state index in [0.717, 1.165) is 17.7 Å². The molecule has 0 aliphatic carbocycles. The van der Waals surface area contributed by atoms with Crippen molar-refractivity contribution in [3.8, 4) is 5.75 Å². The van der Waals surface area contributed by atoms with Gasteiger partial charge < -0.3 is 10.1 Å². The number of ether oxygens (including phenoxy) is 1. The van der Waals surface area contributed by atoms with Crippen LogP contribution in [0.5, 0.6) is 5.75 Å². The SMILES string of the molecule is Cc1ccc(CCC(=O)N[C@H](C)COc2ccccc2C)cc1. The van der Waals surface area contributed by atoms with Gasteiger partial charge in [0, 0.05) is 6.42 Å². The number of aryl methyl sites for hydroxylation is 3. The maximum Gasteiger partial charge on any atom is 0.220 e. The molecular formula is C20H25NO2. The lowest BCUT2D eigenvalue weighted by molar-refractivity contribution is -0.121. The zero-order valence-electron chi connectivity index (χ0n) is 14.1. The Kier molecular flexibility index (Phi) is 6.21. The Balaban J connectivity index is 1.72. The van der Waals surface area contributed by atoms with Gasteiger partial charge in [-0.25, -0.2) is 0 Å². The zero-order valence-corrected chi connectivity index (χ0v) is 14.1. The fourth-order valence-corrected chi connectivity index (χ4v) is 2.33. The number of amides is 1. The molecule has 2 aromatic carbocycles. The Morgan fingerprint density at radius 1 is 1.09 bits per heavy atom. The highest BCUT2D eigenvalue weighted by Gasteiger charge is 2.09. The molecule has 2 aromatic rings. The van der Waals surface area contributed by atoms with Crippen molar-refractivity contribution in [1.29, 1.82) is 0 Å². The summed E-state index contributed by atoms with van der Waals surface area (Å²) in [6.07, 6.45) is 1.26. The molecule has 3 nitrogen and oxygen atoms in total. The molecule has 0 saturated heterocycles. The van der Waals surface area contributed by atoms with Crippen LogP contribution in [0.15, 0.2) is 48.5 Å². The van der Waals surface area contributed by atoms with E-state index in [2.05, 4.69) is 36.5 Å². The lowest BCUT2D eigenvalue weighted by atomic mass is 10.1. The summed E-state index contributed by atoms with van der Waals surface area (Å²) >= 11 is 0. The van der Waals surface area contributed by atoms with Gasteiger partial charge in [-0.1, -0.05) is 48.0 Å². The number of carbonyl (C=O) groups is 1. The molecule has 0 saturated carbocycles. The summed E-state index contributed by atoms with van der Waals surface area (Å²) < 4.78 is 5.76. The number of hydrogen-bond acceptors (Lipinski definition) is 2. The van der Waals surface area contributed by atoms with Crippen LogP contribution in [0.4, 0.5) is 0 Å². The topological polar surface area (TPSA) is 38.3 Å². The third-order valence-electron chi connectivity index (χ3n) is 3.75. The molecule has 3 heteroatoms. The minimum Gasteiger partial charge on any atom is -0.491 e. The van der Waals surface area contributed by atoms with Gasteiger partial charge in [-0.15, -0.1) is 0 Å². The van der Waals surface area contributed by atoms with Gasteiger partial charge in [-0.3, -0.25) is 4.79 Å². The van der Waals surface area contributed by atoms with Crippen molar-refractivity contribution in [2.45, 2.75) is 39.7 Å². The largest absolute Gasteiger partial charge is 0.491 e. The number of para-hydroxylation sites is 1. The second kappa shape index (κ2) is 8.37. The van der Waals surface area contributed by atoms with Crippen LogP contribution < -0.4 is 10.1 Å². The Morgan fingerprint density at radius 3 is 2.48 bits per heavy atom. The molecule has 122 valence electrons. The number of nitrogens with one attached hydrogen (secondary N) is 1. The first-order valence-corrected chi connectivity index (χ1v) is 8.08. The third kappa shape index (κ3) is 5.78. The highest BCUT2D eigenvalue weighted by atomic mass is 16.5. The number of hydrogen-bond donors (Lipinski definition) is 1. The predicted molar refractivity (Wildman–Crippen MR) is 93.8 cm³/mol. The predicted octanol–water partition coefficient (Wildman–Crippen LogP) is 3.82. The van der Waals surface area contributed by atoms with E-state index in [1.54, 1.807) is 0 Å². The molecule has 0 aromatic heterocycles. The molecule has 0 aliphatic rings. The van der Waals surface area contributed by atoms with Gasteiger partial charge in [-0.2, -0.15) is 0 Å². The van der Waals surface area contributed by atoms with Crippen LogP contribution in [0.1, 0.15) is 30.0 Å². The number of carbonyl (C=O) groups excluding carboxylic acids is 1. The number of rotatable bonds is 7. The molecule has 0 spiro atoms. The first-order chi connectivity index (χ1) is 11.0. The zero-order chi connectivity index (χ0) is 16.7. The van der Waals surface area contributed by atoms with Crippen molar-refractivity contribution < 1.29 is 9.53 Å². The van der Waals surface area contributed by atoms with Gasteiger partial charge in [0.2, 0.25) is 5.91 Å². The van der Waals surface area contributed by atoms with Crippen molar-refractivity contribution >= 4 is 5.91 Å². The molecule has 2 rings (SSSR count). The van der Waals surface area contributed by atoms with E-state index in [1.807, 2.05) is 38.1 Å². The molecule has 1 amide bonds. The summed E-state index contributed by atoms with van der Waals surface area (Å²) in [4.78, 5) is 12.0. The molecule has 1 atom stereocenters. The molecule has 1 N–H and O–H groups in total. The Bertz CT molecular complexity index is 634. The normalized spacial score (nSPS) is 11.8. The van der Waals surface area contributed by atoms with Crippen LogP contribution in [0.2, 0.25) is 0 Å². The maximum atomic E-state index is 12.0. The van der Waals surface area contributed by atoms with Gasteiger partial charge in [-0.05, 0) is 44.4 Å². The standard InChI is InChI=1S/C20H25NO2/c1-15-8-10-18(11-9-15)12-13-20(22)21-17(3)14-23-19-7-5-4-6-16(19)2/h4-11,17H,12-14H2,1-3H3,(H,21,22)/t17-/m1/s1. The average Bonchev–Trinajstić information content (AvgIpc) is 2.53. The van der Waals surface area contributed by atoms with Crippen molar-refractivity contribution in [3.05, 3.63) is 65.2 Å². The summed E-state index contributed by atoms with van der Waals surface area (Å²) in [7, 11) is 0. The summed E-state index contributed by atoms with van der Waals surface area (Å²) in [5, 5.41) is 2.99. The van der Waals surface area contributed by atoms with Crippen LogP contribution in [0.25, 0.3) is 0 Å². The van der Waals surface area contributed by atoms with Crippen LogP contribution in [-0.4, -0.2) is 18.6 Å². The molecule has 0 fully saturated rings. The van der Waals surface area contributed by atoms with E-state index < -0.39 is 0 Å². The maximum absolute atomic E-state index is 12.0. The molecule has 0 radical (unpaired) electrons.